The van der Waals surface area contributed by atoms with Gasteiger partial charge in [-0.05, 0) is 32.2 Å². The van der Waals surface area contributed by atoms with Gasteiger partial charge in [-0.25, -0.2) is 5.84 Å². The van der Waals surface area contributed by atoms with Crippen LogP contribution in [0.5, 0.6) is 0 Å². The third-order valence-corrected chi connectivity index (χ3v) is 4.19. The van der Waals surface area contributed by atoms with Crippen molar-refractivity contribution in [3.05, 3.63) is 0 Å². The van der Waals surface area contributed by atoms with Crippen LogP contribution in [0, 0.1) is 0 Å². The number of rotatable bonds is 4. The van der Waals surface area contributed by atoms with Crippen molar-refractivity contribution in [1.82, 2.24) is 10.3 Å². The Kier molecular flexibility index (Phi) is 5.57. The number of aliphatic hydroxyl groups is 1. The lowest BCUT2D eigenvalue weighted by atomic mass is 10.1. The highest BCUT2D eigenvalue weighted by molar-refractivity contribution is 5.80. The van der Waals surface area contributed by atoms with E-state index in [2.05, 4.69) is 10.3 Å². The second kappa shape index (κ2) is 7.19. The van der Waals surface area contributed by atoms with Crippen LogP contribution in [0.2, 0.25) is 0 Å². The van der Waals surface area contributed by atoms with E-state index in [1.165, 1.54) is 19.3 Å². The first kappa shape index (κ1) is 14.7. The van der Waals surface area contributed by atoms with E-state index in [1.807, 2.05) is 0 Å². The molecule has 2 fully saturated rings. The maximum absolute atomic E-state index is 11.4. The van der Waals surface area contributed by atoms with Crippen LogP contribution >= 0.6 is 0 Å². The molecule has 0 aromatic carbocycles. The third kappa shape index (κ3) is 3.89. The quantitative estimate of drug-likeness (QED) is 0.373. The monoisotopic (exact) mass is 271 g/mol. The van der Waals surface area contributed by atoms with E-state index in [4.69, 9.17) is 10.6 Å². The molecule has 1 amide bonds. The number of carbonyl (C=O) groups excluding carboxylic acids is 1. The number of aliphatic hydroxyl groups excluding tert-OH is 1. The van der Waals surface area contributed by atoms with Crippen molar-refractivity contribution in [2.24, 2.45) is 5.84 Å². The first-order chi connectivity index (χ1) is 9.24. The fourth-order valence-corrected chi connectivity index (χ4v) is 3.07. The molecule has 6 heteroatoms. The SMILES string of the molecule is NNC(=O)C1CCC(CN2CCCCCC2CO)O1. The molecule has 2 aliphatic rings. The predicted octanol–water partition coefficient (Wildman–Crippen LogP) is -0.239. The Morgan fingerprint density at radius 3 is 2.89 bits per heavy atom. The summed E-state index contributed by atoms with van der Waals surface area (Å²) in [6.45, 7) is 2.03. The van der Waals surface area contributed by atoms with Crippen molar-refractivity contribution < 1.29 is 14.6 Å². The number of hydrogen-bond acceptors (Lipinski definition) is 5. The maximum Gasteiger partial charge on any atom is 0.263 e. The van der Waals surface area contributed by atoms with E-state index in [0.717, 1.165) is 32.4 Å². The summed E-state index contributed by atoms with van der Waals surface area (Å²) in [6, 6.07) is 0.244. The van der Waals surface area contributed by atoms with Crippen LogP contribution in [0.3, 0.4) is 0 Å². The number of nitrogens with one attached hydrogen (secondary N) is 1. The van der Waals surface area contributed by atoms with Gasteiger partial charge in [0.1, 0.15) is 6.10 Å². The lowest BCUT2D eigenvalue weighted by molar-refractivity contribution is -0.132. The van der Waals surface area contributed by atoms with Gasteiger partial charge in [0.05, 0.1) is 12.7 Å². The summed E-state index contributed by atoms with van der Waals surface area (Å²) in [5.74, 6) is 4.88. The number of hydrazine groups is 1. The predicted molar refractivity (Wildman–Crippen MR) is 71.1 cm³/mol. The zero-order valence-electron chi connectivity index (χ0n) is 11.4. The standard InChI is InChI=1S/C13H25N3O3/c14-15-13(18)12-6-5-11(19-12)8-16-7-3-1-2-4-10(16)9-17/h10-12,17H,1-9,14H2,(H,15,18). The van der Waals surface area contributed by atoms with Crippen molar-refractivity contribution in [3.8, 4) is 0 Å². The molecule has 19 heavy (non-hydrogen) atoms. The summed E-state index contributed by atoms with van der Waals surface area (Å²) in [5, 5.41) is 9.48. The van der Waals surface area contributed by atoms with Gasteiger partial charge >= 0.3 is 0 Å². The van der Waals surface area contributed by atoms with Crippen LogP contribution < -0.4 is 11.3 Å². The molecule has 4 N–H and O–H groups in total. The lowest BCUT2D eigenvalue weighted by Gasteiger charge is -2.30. The minimum Gasteiger partial charge on any atom is -0.395 e. The molecule has 2 aliphatic heterocycles. The van der Waals surface area contributed by atoms with Crippen molar-refractivity contribution in [1.29, 1.82) is 0 Å². The highest BCUT2D eigenvalue weighted by atomic mass is 16.5. The van der Waals surface area contributed by atoms with Gasteiger partial charge in [0.15, 0.2) is 0 Å². The summed E-state index contributed by atoms with van der Waals surface area (Å²) < 4.78 is 5.74. The fourth-order valence-electron chi connectivity index (χ4n) is 3.07. The topological polar surface area (TPSA) is 87.8 Å². The van der Waals surface area contributed by atoms with Gasteiger partial charge < -0.3 is 9.84 Å². The van der Waals surface area contributed by atoms with Crippen molar-refractivity contribution in [2.75, 3.05) is 19.7 Å². The molecule has 3 unspecified atom stereocenters. The Labute approximate surface area is 114 Å². The van der Waals surface area contributed by atoms with Crippen LogP contribution in [-0.2, 0) is 9.53 Å². The van der Waals surface area contributed by atoms with Crippen molar-refractivity contribution in [3.63, 3.8) is 0 Å². The largest absolute Gasteiger partial charge is 0.395 e. The van der Waals surface area contributed by atoms with Crippen molar-refractivity contribution in [2.45, 2.75) is 56.8 Å². The molecule has 0 aromatic rings. The van der Waals surface area contributed by atoms with Crippen LogP contribution in [-0.4, -0.2) is 53.9 Å². The van der Waals surface area contributed by atoms with Gasteiger partial charge in [0.25, 0.3) is 5.91 Å². The van der Waals surface area contributed by atoms with Gasteiger partial charge in [-0.15, -0.1) is 0 Å². The van der Waals surface area contributed by atoms with Crippen LogP contribution in [0.15, 0.2) is 0 Å². The number of likely N-dealkylation sites (tertiary alicyclic amines) is 1. The molecule has 0 bridgehead atoms. The zero-order chi connectivity index (χ0) is 13.7. The molecule has 0 radical (unpaired) electrons. The van der Waals surface area contributed by atoms with E-state index >= 15 is 0 Å². The molecule has 3 atom stereocenters. The second-order valence-electron chi connectivity index (χ2n) is 5.51. The van der Waals surface area contributed by atoms with Gasteiger partial charge in [-0.3, -0.25) is 15.1 Å². The average Bonchev–Trinajstić information content (AvgIpc) is 2.77. The molecule has 0 aromatic heterocycles. The Morgan fingerprint density at radius 1 is 1.32 bits per heavy atom. The molecule has 0 saturated carbocycles. The second-order valence-corrected chi connectivity index (χ2v) is 5.51. The number of ether oxygens (including phenoxy) is 1. The van der Waals surface area contributed by atoms with Crippen molar-refractivity contribution >= 4 is 5.91 Å². The van der Waals surface area contributed by atoms with E-state index in [9.17, 15) is 9.90 Å². The summed E-state index contributed by atoms with van der Waals surface area (Å²) in [5.41, 5.74) is 2.14. The normalized spacial score (nSPS) is 33.1. The Hall–Kier alpha value is -0.690. The Morgan fingerprint density at radius 2 is 2.16 bits per heavy atom. The van der Waals surface area contributed by atoms with Gasteiger partial charge in [0, 0.05) is 12.6 Å². The van der Waals surface area contributed by atoms with Gasteiger partial charge in [-0.1, -0.05) is 12.8 Å². The molecule has 110 valence electrons. The zero-order valence-corrected chi connectivity index (χ0v) is 11.4. The first-order valence-electron chi connectivity index (χ1n) is 7.25. The maximum atomic E-state index is 11.4. The lowest BCUT2D eigenvalue weighted by Crippen LogP contribution is -2.43. The molecule has 6 nitrogen and oxygen atoms in total. The third-order valence-electron chi connectivity index (χ3n) is 4.19. The summed E-state index contributed by atoms with van der Waals surface area (Å²) in [7, 11) is 0. The fraction of sp³-hybridized carbons (Fsp3) is 0.923. The van der Waals surface area contributed by atoms with Gasteiger partial charge in [-0.2, -0.15) is 0 Å². The molecule has 2 heterocycles. The highest BCUT2D eigenvalue weighted by Gasteiger charge is 2.32. The number of hydrogen-bond donors (Lipinski definition) is 3. The summed E-state index contributed by atoms with van der Waals surface area (Å²) >= 11 is 0. The summed E-state index contributed by atoms with van der Waals surface area (Å²) in [6.07, 6.45) is 5.93. The minimum absolute atomic E-state index is 0.0782. The smallest absolute Gasteiger partial charge is 0.263 e. The summed E-state index contributed by atoms with van der Waals surface area (Å²) in [4.78, 5) is 13.7. The molecule has 0 aliphatic carbocycles. The molecular formula is C13H25N3O3. The Balaban J connectivity index is 1.84. The molecule has 0 spiro atoms. The number of amides is 1. The van der Waals surface area contributed by atoms with Gasteiger partial charge in [0.2, 0.25) is 0 Å². The molecular weight excluding hydrogens is 246 g/mol. The Bertz CT molecular complexity index is 301. The number of carbonyl (C=O) groups is 1. The van der Waals surface area contributed by atoms with E-state index in [0.29, 0.717) is 0 Å². The van der Waals surface area contributed by atoms with E-state index in [-0.39, 0.29) is 24.7 Å². The van der Waals surface area contributed by atoms with Crippen LogP contribution in [0.25, 0.3) is 0 Å². The number of nitrogens with zero attached hydrogens (tertiary/aromatic N) is 1. The van der Waals surface area contributed by atoms with Crippen LogP contribution in [0.1, 0.15) is 38.5 Å². The first-order valence-corrected chi connectivity index (χ1v) is 7.25. The molecule has 2 rings (SSSR count). The average molecular weight is 271 g/mol. The number of nitrogens with two attached hydrogens (primary N) is 1. The minimum atomic E-state index is -0.408. The van der Waals surface area contributed by atoms with E-state index < -0.39 is 6.10 Å². The van der Waals surface area contributed by atoms with Crippen LogP contribution in [0.4, 0.5) is 0 Å². The molecule has 2 saturated heterocycles. The van der Waals surface area contributed by atoms with E-state index in [1.54, 1.807) is 0 Å². The highest BCUT2D eigenvalue weighted by Crippen LogP contribution is 2.23.